The van der Waals surface area contributed by atoms with E-state index >= 15 is 0 Å². The van der Waals surface area contributed by atoms with E-state index in [0.29, 0.717) is 0 Å². The third-order valence-electron chi connectivity index (χ3n) is 5.55. The molecule has 0 heterocycles. The molecule has 0 saturated heterocycles. The zero-order valence-electron chi connectivity index (χ0n) is 16.6. The topological polar surface area (TPSA) is 18.5 Å². The van der Waals surface area contributed by atoms with Crippen molar-refractivity contribution < 1.29 is 8.85 Å². The number of allylic oxidation sites excluding steroid dienone is 2. The lowest BCUT2D eigenvalue weighted by Crippen LogP contribution is -2.42. The molecular weight excluding hydrogens is 304 g/mol. The van der Waals surface area contributed by atoms with Crippen molar-refractivity contribution >= 4 is 16.6 Å². The van der Waals surface area contributed by atoms with Crippen molar-refractivity contribution in [2.75, 3.05) is 0 Å². The van der Waals surface area contributed by atoms with Crippen LogP contribution in [0.1, 0.15) is 54.9 Å². The molecule has 1 rings (SSSR count). The van der Waals surface area contributed by atoms with Crippen molar-refractivity contribution in [1.82, 2.24) is 0 Å². The standard InChI is InChI=1S/C18H36O2Si2/c1-14-12-13-15(19-21(8,9)17(2,3)4)16(14)20-22(10,11)18(5,6)7/h12H,13H2,1-11H3. The Morgan fingerprint density at radius 3 is 1.64 bits per heavy atom. The SMILES string of the molecule is CC1=CCC(O[Si](C)(C)C(C)(C)C)=C1O[Si](C)(C)C(C)(C)C. The highest BCUT2D eigenvalue weighted by Gasteiger charge is 2.43. The molecule has 2 nitrogen and oxygen atoms in total. The molecule has 0 aliphatic heterocycles. The molecule has 1 aliphatic rings. The van der Waals surface area contributed by atoms with E-state index in [1.54, 1.807) is 0 Å². The smallest absolute Gasteiger partial charge is 0.250 e. The summed E-state index contributed by atoms with van der Waals surface area (Å²) < 4.78 is 13.2. The summed E-state index contributed by atoms with van der Waals surface area (Å²) in [6.07, 6.45) is 3.12. The fourth-order valence-electron chi connectivity index (χ4n) is 1.75. The second-order valence-corrected chi connectivity index (χ2v) is 19.0. The predicted octanol–water partition coefficient (Wildman–Crippen LogP) is 6.59. The van der Waals surface area contributed by atoms with Gasteiger partial charge in [-0.25, -0.2) is 0 Å². The van der Waals surface area contributed by atoms with Gasteiger partial charge in [-0.1, -0.05) is 47.6 Å². The van der Waals surface area contributed by atoms with Gasteiger partial charge in [-0.15, -0.1) is 0 Å². The van der Waals surface area contributed by atoms with Crippen molar-refractivity contribution in [3.63, 3.8) is 0 Å². The summed E-state index contributed by atoms with van der Waals surface area (Å²) in [5, 5.41) is 0.406. The zero-order valence-corrected chi connectivity index (χ0v) is 18.6. The van der Waals surface area contributed by atoms with Crippen LogP contribution in [-0.2, 0) is 8.85 Å². The Morgan fingerprint density at radius 1 is 0.818 bits per heavy atom. The Hall–Kier alpha value is -0.486. The molecule has 1 aliphatic carbocycles. The van der Waals surface area contributed by atoms with Gasteiger partial charge in [0.2, 0.25) is 8.32 Å². The van der Waals surface area contributed by atoms with Gasteiger partial charge in [0.25, 0.3) is 8.32 Å². The first-order valence-electron chi connectivity index (χ1n) is 8.37. The molecule has 0 saturated carbocycles. The summed E-state index contributed by atoms with van der Waals surface area (Å²) in [6, 6.07) is 0. The van der Waals surface area contributed by atoms with Crippen molar-refractivity contribution in [1.29, 1.82) is 0 Å². The fraction of sp³-hybridized carbons (Fsp3) is 0.778. The van der Waals surface area contributed by atoms with Gasteiger partial charge in [0.05, 0.1) is 0 Å². The normalized spacial score (nSPS) is 17.7. The van der Waals surface area contributed by atoms with E-state index < -0.39 is 16.6 Å². The van der Waals surface area contributed by atoms with Gasteiger partial charge in [0.1, 0.15) is 11.5 Å². The highest BCUT2D eigenvalue weighted by molar-refractivity contribution is 6.75. The molecule has 0 spiro atoms. The van der Waals surface area contributed by atoms with E-state index in [-0.39, 0.29) is 10.1 Å². The van der Waals surface area contributed by atoms with Gasteiger partial charge in [-0.2, -0.15) is 0 Å². The Bertz CT molecular complexity index is 486. The molecule has 0 radical (unpaired) electrons. The summed E-state index contributed by atoms with van der Waals surface area (Å²) in [5.74, 6) is 2.09. The maximum atomic E-state index is 6.59. The third-order valence-corrected chi connectivity index (χ3v) is 14.2. The molecule has 0 bridgehead atoms. The first kappa shape index (κ1) is 19.6. The average Bonchev–Trinajstić information content (AvgIpc) is 2.57. The zero-order chi connectivity index (χ0) is 17.6. The average molecular weight is 341 g/mol. The van der Waals surface area contributed by atoms with Crippen LogP contribution in [0.2, 0.25) is 36.3 Å². The second-order valence-electron chi connectivity index (χ2n) is 9.57. The Labute approximate surface area is 140 Å². The first-order chi connectivity index (χ1) is 9.58. The summed E-state index contributed by atoms with van der Waals surface area (Å²) in [7, 11) is -3.66. The van der Waals surface area contributed by atoms with E-state index in [2.05, 4.69) is 80.7 Å². The fourth-order valence-corrected chi connectivity index (χ4v) is 3.94. The van der Waals surface area contributed by atoms with Crippen LogP contribution in [-0.4, -0.2) is 16.6 Å². The lowest BCUT2D eigenvalue weighted by atomic mass is 10.2. The second kappa shape index (κ2) is 5.86. The molecule has 0 aromatic heterocycles. The van der Waals surface area contributed by atoms with Gasteiger partial charge < -0.3 is 8.85 Å². The van der Waals surface area contributed by atoms with Crippen LogP contribution < -0.4 is 0 Å². The van der Waals surface area contributed by atoms with E-state index in [4.69, 9.17) is 8.85 Å². The Balaban J connectivity index is 3.10. The molecule has 0 atom stereocenters. The minimum Gasteiger partial charge on any atom is -0.544 e. The quantitative estimate of drug-likeness (QED) is 0.537. The van der Waals surface area contributed by atoms with Crippen LogP contribution in [0.3, 0.4) is 0 Å². The van der Waals surface area contributed by atoms with Crippen molar-refractivity contribution in [3.8, 4) is 0 Å². The van der Waals surface area contributed by atoms with E-state index in [1.165, 1.54) is 5.57 Å². The lowest BCUT2D eigenvalue weighted by molar-refractivity contribution is 0.322. The molecular formula is C18H36O2Si2. The number of rotatable bonds is 4. The Kier molecular flexibility index (Phi) is 5.21. The van der Waals surface area contributed by atoms with Crippen LogP contribution >= 0.6 is 0 Å². The summed E-state index contributed by atoms with van der Waals surface area (Å²) in [5.41, 5.74) is 1.23. The summed E-state index contributed by atoms with van der Waals surface area (Å²) in [4.78, 5) is 0. The van der Waals surface area contributed by atoms with Crippen LogP contribution in [0.5, 0.6) is 0 Å². The molecule has 0 aromatic rings. The maximum Gasteiger partial charge on any atom is 0.250 e. The van der Waals surface area contributed by atoms with Crippen LogP contribution in [0.15, 0.2) is 23.2 Å². The highest BCUT2D eigenvalue weighted by atomic mass is 28.4. The van der Waals surface area contributed by atoms with Crippen LogP contribution in [0, 0.1) is 0 Å². The van der Waals surface area contributed by atoms with Crippen molar-refractivity contribution in [2.45, 2.75) is 91.2 Å². The monoisotopic (exact) mass is 340 g/mol. The highest BCUT2D eigenvalue weighted by Crippen LogP contribution is 2.44. The predicted molar refractivity (Wildman–Crippen MR) is 102 cm³/mol. The number of hydrogen-bond donors (Lipinski definition) is 0. The van der Waals surface area contributed by atoms with Gasteiger partial charge in [-0.3, -0.25) is 0 Å². The van der Waals surface area contributed by atoms with E-state index in [1.807, 2.05) is 0 Å². The first-order valence-corrected chi connectivity index (χ1v) is 14.2. The lowest BCUT2D eigenvalue weighted by Gasteiger charge is -2.39. The molecule has 22 heavy (non-hydrogen) atoms. The molecule has 0 unspecified atom stereocenters. The third kappa shape index (κ3) is 4.07. The molecule has 0 N–H and O–H groups in total. The van der Waals surface area contributed by atoms with Crippen molar-refractivity contribution in [3.05, 3.63) is 23.2 Å². The molecule has 4 heteroatoms. The minimum atomic E-state index is -1.84. The van der Waals surface area contributed by atoms with Crippen LogP contribution in [0.25, 0.3) is 0 Å². The maximum absolute atomic E-state index is 6.59. The van der Waals surface area contributed by atoms with Gasteiger partial charge in [0.15, 0.2) is 0 Å². The summed E-state index contributed by atoms with van der Waals surface area (Å²) in [6.45, 7) is 25.0. The summed E-state index contributed by atoms with van der Waals surface area (Å²) >= 11 is 0. The van der Waals surface area contributed by atoms with E-state index in [0.717, 1.165) is 17.9 Å². The largest absolute Gasteiger partial charge is 0.544 e. The number of hydrogen-bond acceptors (Lipinski definition) is 2. The molecule has 0 fully saturated rings. The van der Waals surface area contributed by atoms with E-state index in [9.17, 15) is 0 Å². The van der Waals surface area contributed by atoms with Crippen molar-refractivity contribution in [2.24, 2.45) is 0 Å². The molecule has 128 valence electrons. The van der Waals surface area contributed by atoms with Gasteiger partial charge >= 0.3 is 0 Å². The van der Waals surface area contributed by atoms with Crippen LogP contribution in [0.4, 0.5) is 0 Å². The Morgan fingerprint density at radius 2 is 1.23 bits per heavy atom. The molecule has 0 aromatic carbocycles. The van der Waals surface area contributed by atoms with Gasteiger partial charge in [0, 0.05) is 6.42 Å². The molecule has 0 amide bonds. The minimum absolute atomic E-state index is 0.199. The van der Waals surface area contributed by atoms with Gasteiger partial charge in [-0.05, 0) is 48.8 Å².